The first-order valence-corrected chi connectivity index (χ1v) is 4.53. The minimum absolute atomic E-state index is 0.112. The van der Waals surface area contributed by atoms with E-state index in [0.29, 0.717) is 13.0 Å². The van der Waals surface area contributed by atoms with E-state index >= 15 is 0 Å². The molecule has 1 aliphatic rings. The van der Waals surface area contributed by atoms with E-state index in [2.05, 4.69) is 0 Å². The van der Waals surface area contributed by atoms with Gasteiger partial charge in [-0.3, -0.25) is 9.59 Å². The van der Waals surface area contributed by atoms with Gasteiger partial charge in [-0.1, -0.05) is 0 Å². The van der Waals surface area contributed by atoms with Crippen LogP contribution in [0.4, 0.5) is 0 Å². The number of hydrogen-bond donors (Lipinski definition) is 3. The van der Waals surface area contributed by atoms with Crippen LogP contribution in [0, 0.1) is 0 Å². The van der Waals surface area contributed by atoms with Crippen molar-refractivity contribution in [3.8, 4) is 0 Å². The van der Waals surface area contributed by atoms with Crippen molar-refractivity contribution >= 4 is 11.8 Å². The molecule has 0 aromatic rings. The fourth-order valence-corrected chi connectivity index (χ4v) is 1.84. The van der Waals surface area contributed by atoms with Gasteiger partial charge in [-0.15, -0.1) is 0 Å². The van der Waals surface area contributed by atoms with Gasteiger partial charge in [0.05, 0.1) is 19.5 Å². The van der Waals surface area contributed by atoms with Crippen molar-refractivity contribution < 1.29 is 14.5 Å². The van der Waals surface area contributed by atoms with Crippen LogP contribution in [0.3, 0.4) is 0 Å². The van der Waals surface area contributed by atoms with Crippen molar-refractivity contribution in [2.75, 3.05) is 13.1 Å². The molecule has 0 aliphatic carbocycles. The van der Waals surface area contributed by atoms with E-state index in [0.717, 1.165) is 24.3 Å². The third-order valence-electron chi connectivity index (χ3n) is 2.52. The molecule has 1 heterocycles. The Morgan fingerprint density at radius 1 is 1.38 bits per heavy atom. The summed E-state index contributed by atoms with van der Waals surface area (Å²) in [6.07, 6.45) is 2.17. The first-order chi connectivity index (χ1) is 6.11. The monoisotopic (exact) mass is 186 g/mol. The summed E-state index contributed by atoms with van der Waals surface area (Å²) in [4.78, 5) is 22.6. The summed E-state index contributed by atoms with van der Waals surface area (Å²) in [5, 5.41) is 0. The van der Waals surface area contributed by atoms with Crippen LogP contribution in [-0.2, 0) is 9.59 Å². The van der Waals surface area contributed by atoms with E-state index in [1.165, 1.54) is 0 Å². The van der Waals surface area contributed by atoms with Gasteiger partial charge in [0.2, 0.25) is 5.91 Å². The predicted octanol–water partition coefficient (Wildman–Crippen LogP) is -2.61. The molecule has 1 aliphatic heterocycles. The van der Waals surface area contributed by atoms with Crippen molar-refractivity contribution in [3.05, 3.63) is 0 Å². The molecule has 1 saturated heterocycles. The Morgan fingerprint density at radius 2 is 2.08 bits per heavy atom. The van der Waals surface area contributed by atoms with Crippen molar-refractivity contribution in [2.45, 2.75) is 25.3 Å². The SMILES string of the molecule is NC(=O)CC[NH+]1CCC[C@H]1C(N)=O. The molecule has 5 nitrogen and oxygen atoms in total. The number of likely N-dealkylation sites (tertiary alicyclic amines) is 1. The number of hydrogen-bond acceptors (Lipinski definition) is 2. The summed E-state index contributed by atoms with van der Waals surface area (Å²) in [5.41, 5.74) is 10.2. The highest BCUT2D eigenvalue weighted by atomic mass is 16.1. The van der Waals surface area contributed by atoms with Crippen LogP contribution in [0.15, 0.2) is 0 Å². The quantitative estimate of drug-likeness (QED) is 0.449. The molecule has 13 heavy (non-hydrogen) atoms. The van der Waals surface area contributed by atoms with Crippen LogP contribution in [0.1, 0.15) is 19.3 Å². The van der Waals surface area contributed by atoms with Crippen molar-refractivity contribution in [1.82, 2.24) is 0 Å². The molecule has 5 heteroatoms. The first-order valence-electron chi connectivity index (χ1n) is 4.53. The third-order valence-corrected chi connectivity index (χ3v) is 2.52. The van der Waals surface area contributed by atoms with Crippen LogP contribution in [-0.4, -0.2) is 30.9 Å². The lowest BCUT2D eigenvalue weighted by Crippen LogP contribution is -3.15. The molecule has 0 saturated carbocycles. The Morgan fingerprint density at radius 3 is 2.62 bits per heavy atom. The fraction of sp³-hybridized carbons (Fsp3) is 0.750. The van der Waals surface area contributed by atoms with Gasteiger partial charge in [0.1, 0.15) is 0 Å². The Balaban J connectivity index is 2.39. The minimum atomic E-state index is -0.317. The molecule has 2 atom stereocenters. The number of quaternary nitrogens is 1. The fourth-order valence-electron chi connectivity index (χ4n) is 1.84. The number of rotatable bonds is 4. The average Bonchev–Trinajstić information content (AvgIpc) is 2.47. The molecule has 0 aromatic heterocycles. The molecule has 0 bridgehead atoms. The summed E-state index contributed by atoms with van der Waals surface area (Å²) in [7, 11) is 0. The molecule has 1 fully saturated rings. The molecule has 1 unspecified atom stereocenters. The molecule has 74 valence electrons. The first kappa shape index (κ1) is 9.98. The van der Waals surface area contributed by atoms with Crippen LogP contribution >= 0.6 is 0 Å². The van der Waals surface area contributed by atoms with E-state index in [4.69, 9.17) is 11.5 Å². The summed E-state index contributed by atoms with van der Waals surface area (Å²) in [6, 6.07) is -0.112. The van der Waals surface area contributed by atoms with Gasteiger partial charge in [-0.25, -0.2) is 0 Å². The van der Waals surface area contributed by atoms with E-state index in [1.54, 1.807) is 0 Å². The van der Waals surface area contributed by atoms with Crippen LogP contribution < -0.4 is 16.4 Å². The van der Waals surface area contributed by atoms with E-state index in [1.807, 2.05) is 0 Å². The van der Waals surface area contributed by atoms with E-state index in [9.17, 15) is 9.59 Å². The van der Waals surface area contributed by atoms with Crippen molar-refractivity contribution in [1.29, 1.82) is 0 Å². The van der Waals surface area contributed by atoms with Gasteiger partial charge in [0, 0.05) is 12.8 Å². The second kappa shape index (κ2) is 4.23. The third kappa shape index (κ3) is 2.69. The summed E-state index contributed by atoms with van der Waals surface area (Å²) in [5.74, 6) is -0.584. The van der Waals surface area contributed by atoms with Gasteiger partial charge in [-0.05, 0) is 0 Å². The van der Waals surface area contributed by atoms with Gasteiger partial charge >= 0.3 is 0 Å². The molecule has 2 amide bonds. The maximum Gasteiger partial charge on any atom is 0.275 e. The van der Waals surface area contributed by atoms with Gasteiger partial charge in [0.15, 0.2) is 6.04 Å². The highest BCUT2D eigenvalue weighted by molar-refractivity contribution is 5.78. The number of carbonyl (C=O) groups excluding carboxylic acids is 2. The second-order valence-corrected chi connectivity index (χ2v) is 3.47. The zero-order chi connectivity index (χ0) is 9.84. The molecular weight excluding hydrogens is 170 g/mol. The Kier molecular flexibility index (Phi) is 3.25. The molecule has 1 rings (SSSR count). The summed E-state index contributed by atoms with van der Waals surface area (Å²) >= 11 is 0. The van der Waals surface area contributed by atoms with E-state index < -0.39 is 0 Å². The Hall–Kier alpha value is -1.10. The maximum absolute atomic E-state index is 10.9. The second-order valence-electron chi connectivity index (χ2n) is 3.47. The predicted molar refractivity (Wildman–Crippen MR) is 46.7 cm³/mol. The van der Waals surface area contributed by atoms with Crippen LogP contribution in [0.5, 0.6) is 0 Å². The molecule has 0 radical (unpaired) electrons. The van der Waals surface area contributed by atoms with Crippen molar-refractivity contribution in [2.24, 2.45) is 11.5 Å². The number of carbonyl (C=O) groups is 2. The minimum Gasteiger partial charge on any atom is -0.369 e. The summed E-state index contributed by atoms with van der Waals surface area (Å²) < 4.78 is 0. The Bertz CT molecular complexity index is 217. The topological polar surface area (TPSA) is 90.6 Å². The normalized spacial score (nSPS) is 27.4. The maximum atomic E-state index is 10.9. The number of amides is 2. The van der Waals surface area contributed by atoms with Gasteiger partial charge < -0.3 is 16.4 Å². The van der Waals surface area contributed by atoms with Crippen LogP contribution in [0.25, 0.3) is 0 Å². The number of primary amides is 2. The van der Waals surface area contributed by atoms with Crippen molar-refractivity contribution in [3.63, 3.8) is 0 Å². The molecule has 0 aromatic carbocycles. The zero-order valence-electron chi connectivity index (χ0n) is 7.58. The van der Waals surface area contributed by atoms with Gasteiger partial charge in [0.25, 0.3) is 5.91 Å². The molecule has 0 spiro atoms. The lowest BCUT2D eigenvalue weighted by atomic mass is 10.2. The standard InChI is InChI=1S/C8H15N3O2/c9-7(12)3-5-11-4-1-2-6(11)8(10)13/h6H,1-5H2,(H2,9,12)(H2,10,13)/p+1/t6-/m0/s1. The van der Waals surface area contributed by atoms with E-state index in [-0.39, 0.29) is 17.9 Å². The lowest BCUT2D eigenvalue weighted by Gasteiger charge is -2.17. The van der Waals surface area contributed by atoms with Crippen LogP contribution in [0.2, 0.25) is 0 Å². The largest absolute Gasteiger partial charge is 0.369 e. The zero-order valence-corrected chi connectivity index (χ0v) is 7.58. The van der Waals surface area contributed by atoms with Gasteiger partial charge in [-0.2, -0.15) is 0 Å². The average molecular weight is 186 g/mol. The molecular formula is C8H16N3O2+. The molecule has 5 N–H and O–H groups in total. The smallest absolute Gasteiger partial charge is 0.275 e. The lowest BCUT2D eigenvalue weighted by molar-refractivity contribution is -0.902. The summed E-state index contributed by atoms with van der Waals surface area (Å²) in [6.45, 7) is 1.55. The Labute approximate surface area is 77.1 Å². The number of nitrogens with two attached hydrogens (primary N) is 2. The highest BCUT2D eigenvalue weighted by Gasteiger charge is 2.32. The number of nitrogens with one attached hydrogen (secondary N) is 1. The highest BCUT2D eigenvalue weighted by Crippen LogP contribution is 1.98.